The summed E-state index contributed by atoms with van der Waals surface area (Å²) in [4.78, 5) is 18.0. The maximum Gasteiger partial charge on any atom is 0.224 e. The molecule has 2 atom stereocenters. The molecule has 132 valence electrons. The van der Waals surface area contributed by atoms with E-state index in [1.54, 1.807) is 11.3 Å². The van der Waals surface area contributed by atoms with E-state index in [0.717, 1.165) is 21.1 Å². The second-order valence-corrected chi connectivity index (χ2v) is 7.05. The second-order valence-electron chi connectivity index (χ2n) is 6.02. The third kappa shape index (κ3) is 5.03. The molecule has 1 aromatic heterocycles. The van der Waals surface area contributed by atoms with Crippen molar-refractivity contribution in [3.8, 4) is 10.6 Å². The number of carbonyl (C=O) groups is 1. The molecule has 0 fully saturated rings. The van der Waals surface area contributed by atoms with Gasteiger partial charge in [-0.25, -0.2) is 4.98 Å². The molecule has 2 N–H and O–H groups in total. The van der Waals surface area contributed by atoms with Gasteiger partial charge in [-0.05, 0) is 27.8 Å². The Morgan fingerprint density at radius 2 is 1.83 bits per heavy atom. The summed E-state index contributed by atoms with van der Waals surface area (Å²) in [5, 5.41) is 7.12. The molecule has 4 nitrogen and oxygen atoms in total. The fourth-order valence-electron chi connectivity index (χ4n) is 2.45. The highest BCUT2D eigenvalue weighted by Gasteiger charge is 2.19. The zero-order valence-corrected chi connectivity index (χ0v) is 16.5. The number of amides is 1. The third-order valence-corrected chi connectivity index (χ3v) is 5.23. The van der Waals surface area contributed by atoms with Crippen LogP contribution in [0.5, 0.6) is 0 Å². The number of rotatable bonds is 6. The van der Waals surface area contributed by atoms with Crippen molar-refractivity contribution in [1.82, 2.24) is 15.6 Å². The first-order chi connectivity index (χ1) is 10.9. The first-order valence-corrected chi connectivity index (χ1v) is 8.73. The molecule has 1 heterocycles. The van der Waals surface area contributed by atoms with Crippen LogP contribution in [0.4, 0.5) is 0 Å². The predicted octanol–water partition coefficient (Wildman–Crippen LogP) is 3.88. The van der Waals surface area contributed by atoms with Crippen molar-refractivity contribution < 1.29 is 4.79 Å². The van der Waals surface area contributed by atoms with Gasteiger partial charge in [0.05, 0.1) is 16.6 Å². The molecule has 1 amide bonds. The minimum Gasteiger partial charge on any atom is -0.348 e. The summed E-state index contributed by atoms with van der Waals surface area (Å²) in [6, 6.07) is 8.34. The normalized spacial score (nSPS) is 13.0. The lowest BCUT2D eigenvalue weighted by Crippen LogP contribution is -2.35. The van der Waals surface area contributed by atoms with Gasteiger partial charge in [-0.3, -0.25) is 4.79 Å². The van der Waals surface area contributed by atoms with E-state index in [4.69, 9.17) is 0 Å². The number of aromatic nitrogens is 1. The van der Waals surface area contributed by atoms with Crippen LogP contribution in [0.1, 0.15) is 36.0 Å². The van der Waals surface area contributed by atoms with Crippen molar-refractivity contribution in [2.24, 2.45) is 5.92 Å². The van der Waals surface area contributed by atoms with Crippen LogP contribution in [-0.2, 0) is 4.79 Å². The van der Waals surface area contributed by atoms with Crippen LogP contribution < -0.4 is 10.6 Å². The first kappa shape index (κ1) is 20.6. The van der Waals surface area contributed by atoms with Crippen LogP contribution in [0, 0.1) is 19.8 Å². The van der Waals surface area contributed by atoms with Crippen LogP contribution in [-0.4, -0.2) is 24.5 Å². The maximum absolute atomic E-state index is 12.2. The number of hydrogen-bond donors (Lipinski definition) is 2. The molecule has 6 heteroatoms. The Balaban J connectivity index is 0.00000288. The zero-order chi connectivity index (χ0) is 17.0. The summed E-state index contributed by atoms with van der Waals surface area (Å²) in [5.74, 6) is 0.0174. The van der Waals surface area contributed by atoms with Crippen molar-refractivity contribution in [1.29, 1.82) is 0 Å². The van der Waals surface area contributed by atoms with E-state index in [0.29, 0.717) is 6.54 Å². The van der Waals surface area contributed by atoms with E-state index in [-0.39, 0.29) is 30.3 Å². The van der Waals surface area contributed by atoms with Crippen molar-refractivity contribution in [3.63, 3.8) is 0 Å². The monoisotopic (exact) mass is 367 g/mol. The number of benzene rings is 1. The van der Waals surface area contributed by atoms with Gasteiger partial charge in [0.25, 0.3) is 0 Å². The molecule has 2 aromatic rings. The molecule has 0 saturated heterocycles. The number of nitrogens with zero attached hydrogens (tertiary/aromatic N) is 1. The summed E-state index contributed by atoms with van der Waals surface area (Å²) >= 11 is 1.65. The minimum absolute atomic E-state index is 0. The molecular weight excluding hydrogens is 342 g/mol. The van der Waals surface area contributed by atoms with Crippen LogP contribution >= 0.6 is 23.7 Å². The summed E-state index contributed by atoms with van der Waals surface area (Å²) in [6.45, 7) is 8.70. The molecule has 24 heavy (non-hydrogen) atoms. The van der Waals surface area contributed by atoms with Gasteiger partial charge >= 0.3 is 0 Å². The lowest BCUT2D eigenvalue weighted by Gasteiger charge is -2.16. The second kappa shape index (κ2) is 9.16. The molecule has 2 unspecified atom stereocenters. The molecule has 0 spiro atoms. The predicted molar refractivity (Wildman–Crippen MR) is 104 cm³/mol. The molecule has 2 rings (SSSR count). The van der Waals surface area contributed by atoms with E-state index in [9.17, 15) is 4.79 Å². The lowest BCUT2D eigenvalue weighted by atomic mass is 10.1. The van der Waals surface area contributed by atoms with Gasteiger partial charge in [0.1, 0.15) is 5.01 Å². The van der Waals surface area contributed by atoms with Crippen LogP contribution in [0.15, 0.2) is 24.3 Å². The Morgan fingerprint density at radius 1 is 1.21 bits per heavy atom. The standard InChI is InChI=1S/C18H25N3OS.ClH/c1-11-6-8-15(9-7-11)18-21-14(4)16(23-18)13(3)20-17(22)12(2)10-19-5;/h6-9,12-13,19H,10H2,1-5H3,(H,20,22);1H. The highest BCUT2D eigenvalue weighted by atomic mass is 35.5. The third-order valence-electron chi connectivity index (χ3n) is 3.84. The van der Waals surface area contributed by atoms with Crippen molar-refractivity contribution in [2.45, 2.75) is 33.7 Å². The van der Waals surface area contributed by atoms with E-state index in [2.05, 4.69) is 46.8 Å². The Bertz CT molecular complexity index is 669. The number of hydrogen-bond acceptors (Lipinski definition) is 4. The molecule has 1 aromatic carbocycles. The van der Waals surface area contributed by atoms with Crippen molar-refractivity contribution >= 4 is 29.7 Å². The number of halogens is 1. The Kier molecular flexibility index (Phi) is 7.87. The molecular formula is C18H26ClN3OS. The van der Waals surface area contributed by atoms with Crippen LogP contribution in [0.25, 0.3) is 10.6 Å². The van der Waals surface area contributed by atoms with Crippen molar-refractivity contribution in [3.05, 3.63) is 40.4 Å². The summed E-state index contributed by atoms with van der Waals surface area (Å²) in [6.07, 6.45) is 0. The highest BCUT2D eigenvalue weighted by Crippen LogP contribution is 2.31. The quantitative estimate of drug-likeness (QED) is 0.814. The first-order valence-electron chi connectivity index (χ1n) is 7.91. The Morgan fingerprint density at radius 3 is 2.42 bits per heavy atom. The van der Waals surface area contributed by atoms with Gasteiger partial charge in [0, 0.05) is 18.0 Å². The summed E-state index contributed by atoms with van der Waals surface area (Å²) in [5.41, 5.74) is 3.35. The van der Waals surface area contributed by atoms with E-state index in [1.807, 2.05) is 27.8 Å². The van der Waals surface area contributed by atoms with Crippen LogP contribution in [0.2, 0.25) is 0 Å². The summed E-state index contributed by atoms with van der Waals surface area (Å²) < 4.78 is 0. The van der Waals surface area contributed by atoms with Gasteiger partial charge in [-0.2, -0.15) is 0 Å². The maximum atomic E-state index is 12.2. The van der Waals surface area contributed by atoms with Gasteiger partial charge in [0.2, 0.25) is 5.91 Å². The Hall–Kier alpha value is -1.43. The van der Waals surface area contributed by atoms with Gasteiger partial charge in [-0.1, -0.05) is 36.8 Å². The molecule has 0 aliphatic heterocycles. The average Bonchev–Trinajstić information content (AvgIpc) is 2.90. The number of nitrogens with one attached hydrogen (secondary N) is 2. The number of carbonyl (C=O) groups excluding carboxylic acids is 1. The van der Waals surface area contributed by atoms with Gasteiger partial charge < -0.3 is 10.6 Å². The fourth-order valence-corrected chi connectivity index (χ4v) is 3.52. The molecule has 0 aliphatic carbocycles. The highest BCUT2D eigenvalue weighted by molar-refractivity contribution is 7.15. The Labute approximate surface area is 154 Å². The van der Waals surface area contributed by atoms with E-state index < -0.39 is 0 Å². The fraction of sp³-hybridized carbons (Fsp3) is 0.444. The number of thiazole rings is 1. The van der Waals surface area contributed by atoms with Gasteiger partial charge in [-0.15, -0.1) is 23.7 Å². The van der Waals surface area contributed by atoms with Gasteiger partial charge in [0.15, 0.2) is 0 Å². The van der Waals surface area contributed by atoms with E-state index >= 15 is 0 Å². The average molecular weight is 368 g/mol. The zero-order valence-electron chi connectivity index (χ0n) is 14.8. The topological polar surface area (TPSA) is 54.0 Å². The SMILES string of the molecule is CNCC(C)C(=O)NC(C)c1sc(-c2ccc(C)cc2)nc1C.Cl. The van der Waals surface area contributed by atoms with Crippen LogP contribution in [0.3, 0.4) is 0 Å². The lowest BCUT2D eigenvalue weighted by molar-refractivity contribution is -0.125. The molecule has 0 aliphatic rings. The minimum atomic E-state index is -0.0488. The summed E-state index contributed by atoms with van der Waals surface area (Å²) in [7, 11) is 1.86. The largest absolute Gasteiger partial charge is 0.348 e. The number of aryl methyl sites for hydroxylation is 2. The molecule has 0 saturated carbocycles. The molecule has 0 bridgehead atoms. The van der Waals surface area contributed by atoms with Crippen molar-refractivity contribution in [2.75, 3.05) is 13.6 Å². The smallest absolute Gasteiger partial charge is 0.224 e. The molecule has 0 radical (unpaired) electrons. The van der Waals surface area contributed by atoms with E-state index in [1.165, 1.54) is 5.56 Å².